The first-order valence-electron chi connectivity index (χ1n) is 22.0. The Hall–Kier alpha value is -7.76. The third-order valence-electron chi connectivity index (χ3n) is 13.5. The number of rotatable bonds is 7. The summed E-state index contributed by atoms with van der Waals surface area (Å²) in [7, 11) is -2.68. The summed E-state index contributed by atoms with van der Waals surface area (Å²) < 4.78 is 7.64. The molecule has 0 radical (unpaired) electrons. The molecule has 0 spiro atoms. The molecule has 0 aliphatic rings. The van der Waals surface area contributed by atoms with E-state index in [9.17, 15) is 0 Å². The van der Waals surface area contributed by atoms with Crippen LogP contribution in [0.15, 0.2) is 243 Å². The summed E-state index contributed by atoms with van der Waals surface area (Å²) in [6, 6.07) is 90.3. The Morgan fingerprint density at radius 3 is 1.53 bits per heavy atom. The predicted molar refractivity (Wildman–Crippen MR) is 277 cm³/mol. The molecule has 0 aliphatic carbocycles. The van der Waals surface area contributed by atoms with E-state index in [-0.39, 0.29) is 0 Å². The van der Waals surface area contributed by atoms with Crippen molar-refractivity contribution in [3.63, 3.8) is 0 Å². The number of thiophene rings is 1. The second-order valence-corrected chi connectivity index (χ2v) is 21.6. The van der Waals surface area contributed by atoms with Crippen LogP contribution in [0.1, 0.15) is 0 Å². The SMILES string of the molecule is c1ccc([Si](c2ccccc2)(c2ccccc2)c2ccc(-n3c4ccccc4c4c(-n5c6ccccc6c6ccc(-c7cccc8c7sc7ccccc78)cc65)cccc43)cc2)cc1. The zero-order valence-electron chi connectivity index (χ0n) is 34.9. The molecule has 3 heterocycles. The van der Waals surface area contributed by atoms with Crippen LogP contribution in [-0.4, -0.2) is 17.2 Å². The van der Waals surface area contributed by atoms with Crippen molar-refractivity contribution in [2.75, 3.05) is 0 Å². The minimum atomic E-state index is -2.68. The van der Waals surface area contributed by atoms with Gasteiger partial charge in [0.05, 0.1) is 27.8 Å². The van der Waals surface area contributed by atoms with Gasteiger partial charge < -0.3 is 9.13 Å². The topological polar surface area (TPSA) is 9.86 Å². The quantitative estimate of drug-likeness (QED) is 0.112. The summed E-state index contributed by atoms with van der Waals surface area (Å²) in [5.74, 6) is 0. The lowest BCUT2D eigenvalue weighted by Crippen LogP contribution is -2.74. The maximum Gasteiger partial charge on any atom is 0.179 e. The average molecular weight is 849 g/mol. The van der Waals surface area contributed by atoms with Gasteiger partial charge in [0.15, 0.2) is 8.07 Å². The molecule has 0 unspecified atom stereocenters. The lowest BCUT2D eigenvalue weighted by Gasteiger charge is -2.34. The van der Waals surface area contributed by atoms with Gasteiger partial charge in [-0.2, -0.15) is 0 Å². The van der Waals surface area contributed by atoms with Crippen molar-refractivity contribution in [2.45, 2.75) is 0 Å². The second-order valence-electron chi connectivity index (χ2n) is 16.8. The van der Waals surface area contributed by atoms with Crippen LogP contribution < -0.4 is 20.7 Å². The minimum Gasteiger partial charge on any atom is -0.309 e. The molecule has 13 rings (SSSR count). The molecule has 0 amide bonds. The molecule has 0 aliphatic heterocycles. The first-order chi connectivity index (χ1) is 31.8. The number of hydrogen-bond acceptors (Lipinski definition) is 1. The van der Waals surface area contributed by atoms with Crippen LogP contribution in [0.3, 0.4) is 0 Å². The number of benzene rings is 10. The lowest BCUT2D eigenvalue weighted by atomic mass is 10.0. The number of aromatic nitrogens is 2. The van der Waals surface area contributed by atoms with E-state index in [0.29, 0.717) is 0 Å². The van der Waals surface area contributed by atoms with Gasteiger partial charge in [-0.1, -0.05) is 194 Å². The molecule has 0 fully saturated rings. The van der Waals surface area contributed by atoms with Gasteiger partial charge in [0.25, 0.3) is 0 Å². The van der Waals surface area contributed by atoms with Crippen LogP contribution in [0, 0.1) is 0 Å². The summed E-state index contributed by atoms with van der Waals surface area (Å²) in [6.45, 7) is 0. The van der Waals surface area contributed by atoms with Gasteiger partial charge >= 0.3 is 0 Å². The summed E-state index contributed by atoms with van der Waals surface area (Å²) in [4.78, 5) is 0. The molecule has 3 aromatic heterocycles. The molecule has 2 nitrogen and oxygen atoms in total. The van der Waals surface area contributed by atoms with Crippen molar-refractivity contribution in [2.24, 2.45) is 0 Å². The lowest BCUT2D eigenvalue weighted by molar-refractivity contribution is 1.17. The van der Waals surface area contributed by atoms with E-state index >= 15 is 0 Å². The van der Waals surface area contributed by atoms with Gasteiger partial charge in [-0.15, -0.1) is 11.3 Å². The van der Waals surface area contributed by atoms with Gasteiger partial charge in [0.2, 0.25) is 0 Å². The van der Waals surface area contributed by atoms with E-state index < -0.39 is 8.07 Å². The molecule has 0 atom stereocenters. The van der Waals surface area contributed by atoms with E-state index in [2.05, 4.69) is 252 Å². The van der Waals surface area contributed by atoms with Gasteiger partial charge in [-0.3, -0.25) is 0 Å². The van der Waals surface area contributed by atoms with Gasteiger partial charge in [0.1, 0.15) is 0 Å². The molecule has 0 saturated carbocycles. The molecular weight excluding hydrogens is 809 g/mol. The fourth-order valence-electron chi connectivity index (χ4n) is 10.8. The van der Waals surface area contributed by atoms with Crippen LogP contribution in [0.4, 0.5) is 0 Å². The number of fused-ring (bicyclic) bond motifs is 9. The summed E-state index contributed by atoms with van der Waals surface area (Å²) >= 11 is 1.89. The van der Waals surface area contributed by atoms with Crippen molar-refractivity contribution >= 4 is 104 Å². The maximum absolute atomic E-state index is 2.68. The summed E-state index contributed by atoms with van der Waals surface area (Å²) in [5, 5.41) is 13.1. The van der Waals surface area contributed by atoms with Crippen molar-refractivity contribution < 1.29 is 0 Å². The number of hydrogen-bond donors (Lipinski definition) is 0. The smallest absolute Gasteiger partial charge is 0.179 e. The largest absolute Gasteiger partial charge is 0.309 e. The maximum atomic E-state index is 2.51. The summed E-state index contributed by atoms with van der Waals surface area (Å²) in [6.07, 6.45) is 0. The highest BCUT2D eigenvalue weighted by molar-refractivity contribution is 7.26. The van der Waals surface area contributed by atoms with Crippen molar-refractivity contribution in [1.82, 2.24) is 9.13 Å². The molecule has 10 aromatic carbocycles. The third kappa shape index (κ3) is 5.43. The van der Waals surface area contributed by atoms with Crippen LogP contribution >= 0.6 is 11.3 Å². The highest BCUT2D eigenvalue weighted by atomic mass is 32.1. The van der Waals surface area contributed by atoms with Gasteiger partial charge in [-0.25, -0.2) is 0 Å². The van der Waals surface area contributed by atoms with E-state index in [1.54, 1.807) is 0 Å². The van der Waals surface area contributed by atoms with Crippen LogP contribution in [0.2, 0.25) is 0 Å². The first-order valence-corrected chi connectivity index (χ1v) is 24.8. The first kappa shape index (κ1) is 36.9. The second kappa shape index (κ2) is 14.7. The molecular formula is C60H40N2SSi. The highest BCUT2D eigenvalue weighted by Gasteiger charge is 2.41. The number of para-hydroxylation sites is 2. The minimum absolute atomic E-state index is 1.14. The zero-order valence-corrected chi connectivity index (χ0v) is 36.7. The standard InChI is InChI=1S/C60H40N2SSi/c1-4-18-43(19-5-1)64(44-20-6-2-7-21-44,45-22-8-3-9-23-45)46-37-35-42(36-38-46)61-54-30-14-11-26-52(54)59-55(61)31-17-32-56(59)62-53-29-13-10-24-48(53)49-39-34-41(40-57(49)62)47-27-16-28-51-50-25-12-15-33-58(50)63-60(47)51/h1-40H. The average Bonchev–Trinajstić information content (AvgIpc) is 4.03. The molecule has 4 heteroatoms. The number of nitrogens with zero attached hydrogens (tertiary/aromatic N) is 2. The normalized spacial score (nSPS) is 12.1. The van der Waals surface area contributed by atoms with E-state index in [1.165, 1.54) is 101 Å². The van der Waals surface area contributed by atoms with Gasteiger partial charge in [0, 0.05) is 47.4 Å². The molecule has 13 aromatic rings. The Labute approximate surface area is 376 Å². The monoisotopic (exact) mass is 848 g/mol. The molecule has 0 bridgehead atoms. The van der Waals surface area contributed by atoms with Crippen molar-refractivity contribution in [3.05, 3.63) is 243 Å². The zero-order chi connectivity index (χ0) is 42.2. The van der Waals surface area contributed by atoms with E-state index in [1.807, 2.05) is 11.3 Å². The van der Waals surface area contributed by atoms with Crippen LogP contribution in [-0.2, 0) is 0 Å². The molecule has 300 valence electrons. The summed E-state index contributed by atoms with van der Waals surface area (Å²) in [5.41, 5.74) is 9.59. The van der Waals surface area contributed by atoms with Gasteiger partial charge in [-0.05, 0) is 80.4 Å². The van der Waals surface area contributed by atoms with E-state index in [0.717, 1.165) is 5.69 Å². The molecule has 0 saturated heterocycles. The van der Waals surface area contributed by atoms with Crippen molar-refractivity contribution in [1.29, 1.82) is 0 Å². The molecule has 64 heavy (non-hydrogen) atoms. The van der Waals surface area contributed by atoms with Crippen LogP contribution in [0.25, 0.3) is 86.3 Å². The Bertz CT molecular complexity index is 3790. The van der Waals surface area contributed by atoms with Crippen LogP contribution in [0.5, 0.6) is 0 Å². The Balaban J connectivity index is 1.03. The Kier molecular flexibility index (Phi) is 8.45. The van der Waals surface area contributed by atoms with E-state index in [4.69, 9.17) is 0 Å². The third-order valence-corrected chi connectivity index (χ3v) is 19.5. The Morgan fingerprint density at radius 1 is 0.328 bits per heavy atom. The Morgan fingerprint density at radius 2 is 0.844 bits per heavy atom. The fraction of sp³-hybridized carbons (Fsp3) is 0. The molecule has 0 N–H and O–H groups in total. The highest BCUT2D eigenvalue weighted by Crippen LogP contribution is 2.43. The van der Waals surface area contributed by atoms with Crippen molar-refractivity contribution in [3.8, 4) is 22.5 Å². The fourth-order valence-corrected chi connectivity index (χ4v) is 16.7. The predicted octanol–water partition coefficient (Wildman–Crippen LogP) is 13.3.